The van der Waals surface area contributed by atoms with Gasteiger partial charge in [-0.2, -0.15) is 0 Å². The van der Waals surface area contributed by atoms with Gasteiger partial charge in [0, 0.05) is 24.6 Å². The van der Waals surface area contributed by atoms with E-state index in [-0.39, 0.29) is 5.92 Å². The fourth-order valence-electron chi connectivity index (χ4n) is 2.01. The molecule has 28 heavy (non-hydrogen) atoms. The first-order chi connectivity index (χ1) is 13.4. The number of hydrogen-bond acceptors (Lipinski definition) is 2. The Morgan fingerprint density at radius 1 is 1.18 bits per heavy atom. The minimum absolute atomic E-state index is 0.153. The lowest BCUT2D eigenvalue weighted by Crippen LogP contribution is -2.17. The molecule has 2 nitrogen and oxygen atoms in total. The van der Waals surface area contributed by atoms with Crippen molar-refractivity contribution >= 4 is 0 Å². The first-order valence-corrected chi connectivity index (χ1v) is 9.86. The first-order valence-electron chi connectivity index (χ1n) is 9.86. The fraction of sp³-hybridized carbons (Fsp3) is 0.385. The number of nitrogens with one attached hydrogen (secondary N) is 1. The maximum Gasteiger partial charge on any atom is 0.0421 e. The predicted octanol–water partition coefficient (Wildman–Crippen LogP) is 6.24. The molecular weight excluding hydrogens is 340 g/mol. The van der Waals surface area contributed by atoms with E-state index in [0.717, 1.165) is 42.8 Å². The second-order valence-electron chi connectivity index (χ2n) is 6.56. The summed E-state index contributed by atoms with van der Waals surface area (Å²) in [5.74, 6) is 2.87. The first kappa shape index (κ1) is 27.7. The van der Waals surface area contributed by atoms with E-state index in [1.165, 1.54) is 5.57 Å². The fourth-order valence-corrected chi connectivity index (χ4v) is 2.01. The molecule has 0 aliphatic carbocycles. The Labute approximate surface area is 174 Å². The van der Waals surface area contributed by atoms with Crippen molar-refractivity contribution in [1.29, 1.82) is 0 Å². The van der Waals surface area contributed by atoms with E-state index in [0.29, 0.717) is 0 Å². The summed E-state index contributed by atoms with van der Waals surface area (Å²) >= 11 is 0. The summed E-state index contributed by atoms with van der Waals surface area (Å²) < 4.78 is 0. The standard InChI is InChI=1S/C14H18.C12H22N2/c1-6-9-14(13(5)8-3)11-10-12(4)7-2;1-4-5-7-11(2)10-12(3)14-9-6-8-13/h3,6-7,9-11,13H,2H2,1,4-5H3;4-5,7,14H,3,6,8-10,13H2,1-2H3/b9-6-,12-10?,14-11-;5-4-,11-7-. The monoisotopic (exact) mass is 380 g/mol. The Balaban J connectivity index is 0. The molecule has 0 aromatic heterocycles. The van der Waals surface area contributed by atoms with Crippen LogP contribution in [0.25, 0.3) is 0 Å². The summed E-state index contributed by atoms with van der Waals surface area (Å²) in [5, 5.41) is 3.25. The van der Waals surface area contributed by atoms with Gasteiger partial charge in [-0.1, -0.05) is 78.8 Å². The predicted molar refractivity (Wildman–Crippen MR) is 129 cm³/mol. The third kappa shape index (κ3) is 16.9. The summed E-state index contributed by atoms with van der Waals surface area (Å²) in [7, 11) is 0. The molecule has 0 aliphatic heterocycles. The molecular formula is C26H40N2. The van der Waals surface area contributed by atoms with Crippen molar-refractivity contribution in [3.8, 4) is 12.3 Å². The molecule has 0 rings (SSSR count). The lowest BCUT2D eigenvalue weighted by Gasteiger charge is -2.08. The Morgan fingerprint density at radius 2 is 1.86 bits per heavy atom. The van der Waals surface area contributed by atoms with Crippen LogP contribution in [0.3, 0.4) is 0 Å². The van der Waals surface area contributed by atoms with Crippen molar-refractivity contribution in [2.45, 2.75) is 47.5 Å². The third-order valence-electron chi connectivity index (χ3n) is 3.79. The topological polar surface area (TPSA) is 38.0 Å². The number of nitrogens with two attached hydrogens (primary N) is 1. The van der Waals surface area contributed by atoms with Gasteiger partial charge < -0.3 is 11.1 Å². The van der Waals surface area contributed by atoms with Crippen LogP contribution >= 0.6 is 0 Å². The molecule has 0 aliphatic rings. The van der Waals surface area contributed by atoms with Crippen LogP contribution in [0.1, 0.15) is 47.5 Å². The van der Waals surface area contributed by atoms with E-state index >= 15 is 0 Å². The van der Waals surface area contributed by atoms with Crippen LogP contribution in [0.5, 0.6) is 0 Å². The van der Waals surface area contributed by atoms with E-state index in [1.54, 1.807) is 0 Å². The lowest BCUT2D eigenvalue weighted by molar-refractivity contribution is 0.719. The van der Waals surface area contributed by atoms with Crippen molar-refractivity contribution in [3.63, 3.8) is 0 Å². The summed E-state index contributed by atoms with van der Waals surface area (Å²) in [5.41, 5.74) is 10.1. The van der Waals surface area contributed by atoms with E-state index in [4.69, 9.17) is 12.2 Å². The Kier molecular flexibility index (Phi) is 19.1. The van der Waals surface area contributed by atoms with Crippen LogP contribution in [0, 0.1) is 18.3 Å². The highest BCUT2D eigenvalue weighted by Crippen LogP contribution is 2.12. The molecule has 0 aromatic rings. The maximum atomic E-state index is 5.39. The highest BCUT2D eigenvalue weighted by Gasteiger charge is 1.99. The summed E-state index contributed by atoms with van der Waals surface area (Å²) in [6.45, 7) is 19.4. The summed E-state index contributed by atoms with van der Waals surface area (Å²) in [6, 6.07) is 0. The molecule has 1 atom stereocenters. The molecule has 3 N–H and O–H groups in total. The van der Waals surface area contributed by atoms with Crippen LogP contribution in [-0.4, -0.2) is 13.1 Å². The van der Waals surface area contributed by atoms with Gasteiger partial charge in [0.05, 0.1) is 0 Å². The Morgan fingerprint density at radius 3 is 2.36 bits per heavy atom. The van der Waals surface area contributed by atoms with Gasteiger partial charge in [0.15, 0.2) is 0 Å². The zero-order valence-corrected chi connectivity index (χ0v) is 18.6. The molecule has 0 aromatic carbocycles. The van der Waals surface area contributed by atoms with Gasteiger partial charge in [-0.15, -0.1) is 6.42 Å². The number of terminal acetylenes is 1. The zero-order chi connectivity index (χ0) is 21.8. The average Bonchev–Trinajstić information content (AvgIpc) is 2.69. The minimum atomic E-state index is 0.153. The largest absolute Gasteiger partial charge is 0.389 e. The van der Waals surface area contributed by atoms with Crippen LogP contribution < -0.4 is 11.1 Å². The highest BCUT2D eigenvalue weighted by atomic mass is 14.9. The molecule has 2 heteroatoms. The summed E-state index contributed by atoms with van der Waals surface area (Å²) in [6.07, 6.45) is 23.4. The minimum Gasteiger partial charge on any atom is -0.389 e. The smallest absolute Gasteiger partial charge is 0.0421 e. The van der Waals surface area contributed by atoms with E-state index in [9.17, 15) is 0 Å². The van der Waals surface area contributed by atoms with Gasteiger partial charge in [-0.3, -0.25) is 0 Å². The molecule has 0 radical (unpaired) electrons. The summed E-state index contributed by atoms with van der Waals surface area (Å²) in [4.78, 5) is 0. The SMILES string of the molecule is C#CC(C)C(/C=C\C)=C\C=C(C)C=C.C=C(C/C(C)=C\C=C/C)NCCCN. The number of rotatable bonds is 11. The average molecular weight is 381 g/mol. The van der Waals surface area contributed by atoms with Crippen LogP contribution in [0.15, 0.2) is 84.2 Å². The molecule has 154 valence electrons. The lowest BCUT2D eigenvalue weighted by atomic mass is 10.0. The van der Waals surface area contributed by atoms with E-state index in [1.807, 2.05) is 70.2 Å². The Hall–Kier alpha value is -2.50. The molecule has 0 amide bonds. The molecule has 0 fully saturated rings. The van der Waals surface area contributed by atoms with Crippen molar-refractivity contribution < 1.29 is 0 Å². The van der Waals surface area contributed by atoms with Gasteiger partial charge in [-0.05, 0) is 53.2 Å². The van der Waals surface area contributed by atoms with Gasteiger partial charge in [0.25, 0.3) is 0 Å². The van der Waals surface area contributed by atoms with Crippen molar-refractivity contribution in [2.24, 2.45) is 11.7 Å². The van der Waals surface area contributed by atoms with Gasteiger partial charge >= 0.3 is 0 Å². The molecule has 1 unspecified atom stereocenters. The number of allylic oxidation sites excluding steroid dienone is 11. The van der Waals surface area contributed by atoms with Gasteiger partial charge in [0.1, 0.15) is 0 Å². The molecule has 0 bridgehead atoms. The molecule has 0 saturated heterocycles. The number of hydrogen-bond donors (Lipinski definition) is 2. The second-order valence-corrected chi connectivity index (χ2v) is 6.56. The normalized spacial score (nSPS) is 13.7. The Bertz CT molecular complexity index is 634. The van der Waals surface area contributed by atoms with E-state index < -0.39 is 0 Å². The van der Waals surface area contributed by atoms with Crippen LogP contribution in [-0.2, 0) is 0 Å². The van der Waals surface area contributed by atoms with Crippen molar-refractivity contribution in [2.75, 3.05) is 13.1 Å². The van der Waals surface area contributed by atoms with Crippen molar-refractivity contribution in [3.05, 3.63) is 84.2 Å². The zero-order valence-electron chi connectivity index (χ0n) is 18.6. The van der Waals surface area contributed by atoms with Gasteiger partial charge in [0.2, 0.25) is 0 Å². The van der Waals surface area contributed by atoms with Crippen molar-refractivity contribution in [1.82, 2.24) is 5.32 Å². The van der Waals surface area contributed by atoms with Crippen LogP contribution in [0.2, 0.25) is 0 Å². The molecule has 0 saturated carbocycles. The third-order valence-corrected chi connectivity index (χ3v) is 3.79. The second kappa shape index (κ2) is 19.3. The molecule has 0 heterocycles. The van der Waals surface area contributed by atoms with Crippen LogP contribution in [0.4, 0.5) is 0 Å². The quantitative estimate of drug-likeness (QED) is 0.253. The van der Waals surface area contributed by atoms with E-state index in [2.05, 4.69) is 37.4 Å². The van der Waals surface area contributed by atoms with Gasteiger partial charge in [-0.25, -0.2) is 0 Å². The maximum absolute atomic E-state index is 5.39. The highest BCUT2D eigenvalue weighted by molar-refractivity contribution is 5.32. The molecule has 0 spiro atoms.